The Balaban J connectivity index is 2.08. The molecule has 8 nitrogen and oxygen atoms in total. The molecule has 3 aromatic carbocycles. The van der Waals surface area contributed by atoms with Gasteiger partial charge in [-0.15, -0.1) is 0 Å². The van der Waals surface area contributed by atoms with Crippen molar-refractivity contribution in [1.29, 1.82) is 0 Å². The number of ether oxygens (including phenoxy) is 1. The third kappa shape index (κ3) is 8.87. The number of carbonyl (C=O) groups excluding carboxylic acids is 2. The van der Waals surface area contributed by atoms with E-state index < -0.39 is 28.5 Å². The number of carbonyl (C=O) groups is 2. The monoisotopic (exact) mass is 647 g/mol. The van der Waals surface area contributed by atoms with E-state index in [0.29, 0.717) is 40.9 Å². The molecule has 0 aromatic heterocycles. The molecule has 3 rings (SSSR count). The lowest BCUT2D eigenvalue weighted by Gasteiger charge is -2.33. The Labute approximate surface area is 265 Å². The van der Waals surface area contributed by atoms with Crippen molar-refractivity contribution in [2.75, 3.05) is 24.0 Å². The second kappa shape index (κ2) is 16.0. The van der Waals surface area contributed by atoms with Gasteiger partial charge < -0.3 is 15.0 Å². The molecular formula is C32H39Cl2N3O5S. The molecule has 0 saturated heterocycles. The van der Waals surface area contributed by atoms with Gasteiger partial charge in [0.15, 0.2) is 0 Å². The molecule has 232 valence electrons. The van der Waals surface area contributed by atoms with E-state index in [9.17, 15) is 18.0 Å². The first-order valence-corrected chi connectivity index (χ1v) is 16.5. The van der Waals surface area contributed by atoms with Gasteiger partial charge in [0.25, 0.3) is 10.0 Å². The fourth-order valence-corrected chi connectivity index (χ4v) is 6.45. The zero-order valence-corrected chi connectivity index (χ0v) is 27.3. The second-order valence-corrected chi connectivity index (χ2v) is 12.7. The van der Waals surface area contributed by atoms with Crippen LogP contribution in [0.15, 0.2) is 71.6 Å². The quantitative estimate of drug-likeness (QED) is 0.187. The molecule has 0 aliphatic carbocycles. The lowest BCUT2D eigenvalue weighted by molar-refractivity contribution is -0.140. The van der Waals surface area contributed by atoms with Crippen LogP contribution in [-0.4, -0.2) is 50.9 Å². The average molecular weight is 649 g/mol. The van der Waals surface area contributed by atoms with Crippen LogP contribution in [0, 0.1) is 6.92 Å². The SMILES string of the molecule is CCCCNC(=O)[C@@H](CC)N(Cc1c(Cl)cccc1Cl)C(=O)CN(c1ccc(OCC)cc1)S(=O)(=O)c1ccc(C)cc1. The minimum Gasteiger partial charge on any atom is -0.494 e. The van der Waals surface area contributed by atoms with Crippen LogP contribution >= 0.6 is 23.2 Å². The minimum absolute atomic E-state index is 0.0323. The van der Waals surface area contributed by atoms with Crippen molar-refractivity contribution in [3.05, 3.63) is 87.9 Å². The Hall–Kier alpha value is -3.27. The molecule has 0 unspecified atom stereocenters. The highest BCUT2D eigenvalue weighted by molar-refractivity contribution is 7.92. The number of sulfonamides is 1. The summed E-state index contributed by atoms with van der Waals surface area (Å²) < 4.78 is 34.6. The smallest absolute Gasteiger partial charge is 0.264 e. The summed E-state index contributed by atoms with van der Waals surface area (Å²) in [6.45, 7) is 7.78. The summed E-state index contributed by atoms with van der Waals surface area (Å²) in [6.07, 6.45) is 1.97. The zero-order valence-electron chi connectivity index (χ0n) is 25.0. The first kappa shape index (κ1) is 34.2. The third-order valence-electron chi connectivity index (χ3n) is 6.93. The first-order chi connectivity index (χ1) is 20.5. The number of nitrogens with one attached hydrogen (secondary N) is 1. The van der Waals surface area contributed by atoms with Gasteiger partial charge in [-0.25, -0.2) is 8.42 Å². The fourth-order valence-electron chi connectivity index (χ4n) is 4.52. The number of rotatable bonds is 15. The van der Waals surface area contributed by atoms with Crippen LogP contribution in [-0.2, 0) is 26.2 Å². The molecule has 0 spiro atoms. The van der Waals surface area contributed by atoms with Crippen LogP contribution in [0.5, 0.6) is 5.75 Å². The number of hydrogen-bond donors (Lipinski definition) is 1. The van der Waals surface area contributed by atoms with Crippen molar-refractivity contribution < 1.29 is 22.7 Å². The Morgan fingerprint density at radius 3 is 2.12 bits per heavy atom. The number of unbranched alkanes of at least 4 members (excludes halogenated alkanes) is 1. The predicted octanol–water partition coefficient (Wildman–Crippen LogP) is 6.62. The molecule has 1 N–H and O–H groups in total. The standard InChI is InChI=1S/C32H39Cl2N3O5S/c1-5-8-20-35-32(39)30(6-2)36(21-27-28(33)10-9-11-29(27)34)31(38)22-37(24-14-16-25(17-15-24)42-7-3)43(40,41)26-18-12-23(4)13-19-26/h9-19,30H,5-8,20-22H2,1-4H3,(H,35,39)/t30-/m1/s1. The molecule has 11 heteroatoms. The molecular weight excluding hydrogens is 609 g/mol. The Kier molecular flexibility index (Phi) is 12.7. The van der Waals surface area contributed by atoms with Crippen molar-refractivity contribution in [2.24, 2.45) is 0 Å². The van der Waals surface area contributed by atoms with E-state index in [1.54, 1.807) is 61.5 Å². The molecule has 0 fully saturated rings. The van der Waals surface area contributed by atoms with E-state index in [0.717, 1.165) is 22.7 Å². The molecule has 0 aliphatic rings. The second-order valence-electron chi connectivity index (χ2n) is 10.0. The minimum atomic E-state index is -4.19. The molecule has 0 radical (unpaired) electrons. The van der Waals surface area contributed by atoms with Crippen molar-refractivity contribution in [1.82, 2.24) is 10.2 Å². The summed E-state index contributed by atoms with van der Waals surface area (Å²) in [6, 6.07) is 17.0. The highest BCUT2D eigenvalue weighted by Crippen LogP contribution is 2.29. The van der Waals surface area contributed by atoms with Crippen LogP contribution in [0.3, 0.4) is 0 Å². The maximum absolute atomic E-state index is 14.2. The van der Waals surface area contributed by atoms with Crippen LogP contribution < -0.4 is 14.4 Å². The van der Waals surface area contributed by atoms with E-state index in [2.05, 4.69) is 5.32 Å². The van der Waals surface area contributed by atoms with Crippen molar-refractivity contribution in [3.63, 3.8) is 0 Å². The molecule has 43 heavy (non-hydrogen) atoms. The van der Waals surface area contributed by atoms with Gasteiger partial charge in [-0.2, -0.15) is 0 Å². The van der Waals surface area contributed by atoms with Crippen molar-refractivity contribution in [2.45, 2.75) is 64.4 Å². The number of anilines is 1. The van der Waals surface area contributed by atoms with Gasteiger partial charge in [-0.3, -0.25) is 13.9 Å². The molecule has 1 atom stereocenters. The lowest BCUT2D eigenvalue weighted by atomic mass is 10.1. The number of aryl methyl sites for hydroxylation is 1. The third-order valence-corrected chi connectivity index (χ3v) is 9.43. The highest BCUT2D eigenvalue weighted by Gasteiger charge is 2.34. The summed E-state index contributed by atoms with van der Waals surface area (Å²) in [7, 11) is -4.19. The van der Waals surface area contributed by atoms with E-state index in [-0.39, 0.29) is 23.0 Å². The molecule has 0 saturated carbocycles. The van der Waals surface area contributed by atoms with Crippen LogP contribution in [0.2, 0.25) is 10.0 Å². The van der Waals surface area contributed by atoms with Crippen LogP contribution in [0.1, 0.15) is 51.2 Å². The van der Waals surface area contributed by atoms with E-state index in [1.165, 1.54) is 17.0 Å². The topological polar surface area (TPSA) is 96.0 Å². The maximum Gasteiger partial charge on any atom is 0.264 e. The number of nitrogens with zero attached hydrogens (tertiary/aromatic N) is 2. The summed E-state index contributed by atoms with van der Waals surface area (Å²) in [4.78, 5) is 29.0. The van der Waals surface area contributed by atoms with E-state index in [1.807, 2.05) is 20.8 Å². The fraction of sp³-hybridized carbons (Fsp3) is 0.375. The molecule has 3 aromatic rings. The number of halogens is 2. The molecule has 2 amide bonds. The summed E-state index contributed by atoms with van der Waals surface area (Å²) in [5, 5.41) is 3.58. The summed E-state index contributed by atoms with van der Waals surface area (Å²) in [5.41, 5.74) is 1.63. The van der Waals surface area contributed by atoms with Gasteiger partial charge in [0, 0.05) is 28.7 Å². The van der Waals surface area contributed by atoms with Gasteiger partial charge in [0.1, 0.15) is 18.3 Å². The highest BCUT2D eigenvalue weighted by atomic mass is 35.5. The van der Waals surface area contributed by atoms with E-state index >= 15 is 0 Å². The van der Waals surface area contributed by atoms with Gasteiger partial charge in [-0.05, 0) is 75.2 Å². The van der Waals surface area contributed by atoms with Crippen molar-refractivity contribution in [3.8, 4) is 5.75 Å². The van der Waals surface area contributed by atoms with Gasteiger partial charge in [-0.1, -0.05) is 67.2 Å². The van der Waals surface area contributed by atoms with Gasteiger partial charge in [0.05, 0.1) is 17.2 Å². The summed E-state index contributed by atoms with van der Waals surface area (Å²) in [5.74, 6) is -0.352. The largest absolute Gasteiger partial charge is 0.494 e. The zero-order chi connectivity index (χ0) is 31.6. The lowest BCUT2D eigenvalue weighted by Crippen LogP contribution is -2.52. The summed E-state index contributed by atoms with van der Waals surface area (Å²) >= 11 is 12.9. The van der Waals surface area contributed by atoms with Crippen molar-refractivity contribution >= 4 is 50.7 Å². The average Bonchev–Trinajstić information content (AvgIpc) is 2.98. The molecule has 0 heterocycles. The van der Waals surface area contributed by atoms with Gasteiger partial charge >= 0.3 is 0 Å². The van der Waals surface area contributed by atoms with Crippen LogP contribution in [0.4, 0.5) is 5.69 Å². The number of benzene rings is 3. The normalized spacial score (nSPS) is 12.0. The Morgan fingerprint density at radius 1 is 0.930 bits per heavy atom. The Bertz CT molecular complexity index is 1460. The maximum atomic E-state index is 14.2. The number of hydrogen-bond acceptors (Lipinski definition) is 5. The molecule has 0 aliphatic heterocycles. The number of amides is 2. The van der Waals surface area contributed by atoms with Gasteiger partial charge in [0.2, 0.25) is 11.8 Å². The van der Waals surface area contributed by atoms with E-state index in [4.69, 9.17) is 27.9 Å². The first-order valence-electron chi connectivity index (χ1n) is 14.4. The molecule has 0 bridgehead atoms. The predicted molar refractivity (Wildman–Crippen MR) is 172 cm³/mol. The van der Waals surface area contributed by atoms with Crippen LogP contribution in [0.25, 0.3) is 0 Å². The Morgan fingerprint density at radius 2 is 1.56 bits per heavy atom.